The van der Waals surface area contributed by atoms with E-state index in [4.69, 9.17) is 5.73 Å². The Kier molecular flexibility index (Phi) is 6.82. The lowest BCUT2D eigenvalue weighted by Crippen LogP contribution is -2.49. The molecule has 0 spiro atoms. The molecule has 0 radical (unpaired) electrons. The summed E-state index contributed by atoms with van der Waals surface area (Å²) in [6.45, 7) is 6.43. The van der Waals surface area contributed by atoms with Gasteiger partial charge in [0, 0.05) is 12.3 Å². The van der Waals surface area contributed by atoms with Crippen molar-refractivity contribution in [2.45, 2.75) is 51.4 Å². The SMILES string of the molecule is CCCC1SCC(C(=O)O)N1C(=O)C(CN)CC(C)C. The zero-order valence-corrected chi connectivity index (χ0v) is 13.4. The second kappa shape index (κ2) is 7.88. The lowest BCUT2D eigenvalue weighted by atomic mass is 9.95. The van der Waals surface area contributed by atoms with Crippen LogP contribution < -0.4 is 5.73 Å². The Balaban J connectivity index is 2.89. The standard InChI is InChI=1S/C14H26N2O3S/c1-4-5-12-16(11(8-20-12)14(18)19)13(17)10(7-15)6-9(2)3/h9-12H,4-8,15H2,1-3H3,(H,18,19). The maximum atomic E-state index is 12.7. The molecule has 3 atom stereocenters. The summed E-state index contributed by atoms with van der Waals surface area (Å²) in [6, 6.07) is -0.703. The van der Waals surface area contributed by atoms with Gasteiger partial charge in [0.2, 0.25) is 5.91 Å². The minimum absolute atomic E-state index is 0.0187. The smallest absolute Gasteiger partial charge is 0.327 e. The van der Waals surface area contributed by atoms with E-state index < -0.39 is 12.0 Å². The van der Waals surface area contributed by atoms with Crippen LogP contribution in [-0.4, -0.2) is 45.6 Å². The largest absolute Gasteiger partial charge is 0.480 e. The molecule has 116 valence electrons. The van der Waals surface area contributed by atoms with Gasteiger partial charge in [-0.15, -0.1) is 11.8 Å². The van der Waals surface area contributed by atoms with E-state index in [1.807, 2.05) is 20.8 Å². The number of nitrogens with two attached hydrogens (primary N) is 1. The van der Waals surface area contributed by atoms with E-state index in [-0.39, 0.29) is 23.7 Å². The molecule has 0 aromatic carbocycles. The summed E-state index contributed by atoms with van der Waals surface area (Å²) in [6.07, 6.45) is 2.48. The third-order valence-corrected chi connectivity index (χ3v) is 4.91. The second-order valence-electron chi connectivity index (χ2n) is 5.74. The van der Waals surface area contributed by atoms with E-state index in [2.05, 4.69) is 0 Å². The average molecular weight is 302 g/mol. The third kappa shape index (κ3) is 4.12. The molecule has 20 heavy (non-hydrogen) atoms. The van der Waals surface area contributed by atoms with Crippen molar-refractivity contribution in [2.75, 3.05) is 12.3 Å². The van der Waals surface area contributed by atoms with Crippen molar-refractivity contribution in [1.82, 2.24) is 4.90 Å². The molecule has 3 N–H and O–H groups in total. The Morgan fingerprint density at radius 3 is 2.55 bits per heavy atom. The minimum Gasteiger partial charge on any atom is -0.480 e. The Morgan fingerprint density at radius 2 is 2.10 bits per heavy atom. The zero-order chi connectivity index (χ0) is 15.3. The number of carbonyl (C=O) groups is 2. The number of carboxylic acid groups (broad SMARTS) is 1. The summed E-state index contributed by atoms with van der Waals surface area (Å²) in [5.41, 5.74) is 5.73. The molecule has 0 saturated carbocycles. The molecule has 0 aromatic heterocycles. The summed E-state index contributed by atoms with van der Waals surface area (Å²) in [5, 5.41) is 9.30. The van der Waals surface area contributed by atoms with Crippen LogP contribution >= 0.6 is 11.8 Å². The van der Waals surface area contributed by atoms with Gasteiger partial charge in [-0.25, -0.2) is 4.79 Å². The summed E-state index contributed by atoms with van der Waals surface area (Å²) in [4.78, 5) is 25.6. The molecular formula is C14H26N2O3S. The average Bonchev–Trinajstić information content (AvgIpc) is 2.79. The van der Waals surface area contributed by atoms with Gasteiger partial charge in [0.1, 0.15) is 6.04 Å². The number of carbonyl (C=O) groups excluding carboxylic acids is 1. The summed E-state index contributed by atoms with van der Waals surface area (Å²) in [5.74, 6) is -0.419. The van der Waals surface area contributed by atoms with Gasteiger partial charge in [-0.05, 0) is 18.8 Å². The molecule has 1 saturated heterocycles. The van der Waals surface area contributed by atoms with Gasteiger partial charge < -0.3 is 15.7 Å². The predicted octanol–water partition coefficient (Wildman–Crippen LogP) is 1.76. The number of nitrogens with zero attached hydrogens (tertiary/aromatic N) is 1. The highest BCUT2D eigenvalue weighted by Gasteiger charge is 2.42. The molecule has 1 amide bonds. The molecule has 6 heteroatoms. The van der Waals surface area contributed by atoms with Crippen molar-refractivity contribution in [2.24, 2.45) is 17.6 Å². The van der Waals surface area contributed by atoms with Crippen LogP contribution in [0, 0.1) is 11.8 Å². The van der Waals surface area contributed by atoms with Gasteiger partial charge in [0.25, 0.3) is 0 Å². The molecule has 1 aliphatic rings. The Morgan fingerprint density at radius 1 is 1.45 bits per heavy atom. The highest BCUT2D eigenvalue weighted by atomic mass is 32.2. The molecule has 1 heterocycles. The third-order valence-electron chi connectivity index (χ3n) is 3.56. The van der Waals surface area contributed by atoms with Gasteiger partial charge >= 0.3 is 5.97 Å². The first-order valence-electron chi connectivity index (χ1n) is 7.28. The van der Waals surface area contributed by atoms with E-state index in [1.54, 1.807) is 16.7 Å². The molecule has 0 bridgehead atoms. The van der Waals surface area contributed by atoms with Crippen LogP contribution in [0.3, 0.4) is 0 Å². The highest BCUT2D eigenvalue weighted by molar-refractivity contribution is 8.00. The van der Waals surface area contributed by atoms with Gasteiger partial charge in [0.15, 0.2) is 0 Å². The maximum Gasteiger partial charge on any atom is 0.327 e. The van der Waals surface area contributed by atoms with Gasteiger partial charge in [-0.2, -0.15) is 0 Å². The lowest BCUT2D eigenvalue weighted by Gasteiger charge is -2.31. The van der Waals surface area contributed by atoms with Crippen molar-refractivity contribution in [1.29, 1.82) is 0 Å². The topological polar surface area (TPSA) is 83.6 Å². The molecule has 0 aromatic rings. The predicted molar refractivity (Wildman–Crippen MR) is 81.4 cm³/mol. The fourth-order valence-electron chi connectivity index (χ4n) is 2.60. The maximum absolute atomic E-state index is 12.7. The number of amides is 1. The number of carboxylic acids is 1. The fraction of sp³-hybridized carbons (Fsp3) is 0.857. The number of thioether (sulfide) groups is 1. The van der Waals surface area contributed by atoms with E-state index in [9.17, 15) is 14.7 Å². The van der Waals surface area contributed by atoms with E-state index in [1.165, 1.54) is 0 Å². The monoisotopic (exact) mass is 302 g/mol. The lowest BCUT2D eigenvalue weighted by molar-refractivity contribution is -0.151. The Hall–Kier alpha value is -0.750. The molecule has 1 rings (SSSR count). The van der Waals surface area contributed by atoms with E-state index in [0.29, 0.717) is 18.1 Å². The quantitative estimate of drug-likeness (QED) is 0.748. The number of aliphatic carboxylic acids is 1. The first-order chi connectivity index (χ1) is 9.42. The molecule has 1 fully saturated rings. The van der Waals surface area contributed by atoms with Crippen molar-refractivity contribution in [3.05, 3.63) is 0 Å². The zero-order valence-electron chi connectivity index (χ0n) is 12.5. The minimum atomic E-state index is -0.912. The van der Waals surface area contributed by atoms with Crippen LogP contribution in [-0.2, 0) is 9.59 Å². The van der Waals surface area contributed by atoms with Gasteiger partial charge in [-0.3, -0.25) is 4.79 Å². The van der Waals surface area contributed by atoms with Crippen LogP contribution in [0.1, 0.15) is 40.0 Å². The molecule has 5 nitrogen and oxygen atoms in total. The number of rotatable bonds is 7. The van der Waals surface area contributed by atoms with Crippen LogP contribution in [0.2, 0.25) is 0 Å². The van der Waals surface area contributed by atoms with E-state index in [0.717, 1.165) is 12.8 Å². The van der Waals surface area contributed by atoms with Crippen LogP contribution in [0.4, 0.5) is 0 Å². The highest BCUT2D eigenvalue weighted by Crippen LogP contribution is 2.34. The van der Waals surface area contributed by atoms with Crippen molar-refractivity contribution in [3.8, 4) is 0 Å². The van der Waals surface area contributed by atoms with Crippen molar-refractivity contribution in [3.63, 3.8) is 0 Å². The van der Waals surface area contributed by atoms with Crippen LogP contribution in [0.25, 0.3) is 0 Å². The van der Waals surface area contributed by atoms with Gasteiger partial charge in [-0.1, -0.05) is 27.2 Å². The van der Waals surface area contributed by atoms with Gasteiger partial charge in [0.05, 0.1) is 11.3 Å². The summed E-state index contributed by atoms with van der Waals surface area (Å²) >= 11 is 1.57. The first-order valence-corrected chi connectivity index (χ1v) is 8.33. The van der Waals surface area contributed by atoms with Crippen LogP contribution in [0.5, 0.6) is 0 Å². The number of hydrogen-bond donors (Lipinski definition) is 2. The Labute approximate surface area is 125 Å². The van der Waals surface area contributed by atoms with Crippen molar-refractivity contribution < 1.29 is 14.7 Å². The summed E-state index contributed by atoms with van der Waals surface area (Å²) in [7, 11) is 0. The number of hydrogen-bond acceptors (Lipinski definition) is 4. The first kappa shape index (κ1) is 17.3. The molecule has 1 aliphatic heterocycles. The molecule has 3 unspecified atom stereocenters. The van der Waals surface area contributed by atoms with Crippen LogP contribution in [0.15, 0.2) is 0 Å². The summed E-state index contributed by atoms with van der Waals surface area (Å²) < 4.78 is 0. The molecular weight excluding hydrogens is 276 g/mol. The Bertz CT molecular complexity index is 349. The fourth-order valence-corrected chi connectivity index (χ4v) is 4.12. The van der Waals surface area contributed by atoms with Crippen molar-refractivity contribution >= 4 is 23.6 Å². The normalized spacial score (nSPS) is 24.1. The molecule has 0 aliphatic carbocycles. The second-order valence-corrected chi connectivity index (χ2v) is 6.95. The van der Waals surface area contributed by atoms with E-state index >= 15 is 0 Å².